The van der Waals surface area contributed by atoms with Crippen molar-refractivity contribution in [2.75, 3.05) is 6.54 Å². The molecule has 1 aliphatic rings. The Hall–Kier alpha value is -1.95. The fourth-order valence-corrected chi connectivity index (χ4v) is 2.36. The van der Waals surface area contributed by atoms with Gasteiger partial charge < -0.3 is 5.32 Å². The molecule has 0 spiro atoms. The van der Waals surface area contributed by atoms with E-state index in [0.29, 0.717) is 19.1 Å². The third-order valence-corrected chi connectivity index (χ3v) is 3.75. The van der Waals surface area contributed by atoms with E-state index in [2.05, 4.69) is 15.5 Å². The summed E-state index contributed by atoms with van der Waals surface area (Å²) in [6.07, 6.45) is 2.08. The molecule has 3 amide bonds. The smallest absolute Gasteiger partial charge is 0.321 e. The van der Waals surface area contributed by atoms with Gasteiger partial charge in [0.05, 0.1) is 6.04 Å². The van der Waals surface area contributed by atoms with Gasteiger partial charge in [-0.3, -0.25) is 15.0 Å². The normalized spacial score (nSPS) is 15.5. The quantitative estimate of drug-likeness (QED) is 0.845. The minimum Gasteiger partial charge on any atom is -0.338 e. The highest BCUT2D eigenvalue weighted by molar-refractivity contribution is 5.96. The maximum absolute atomic E-state index is 13.0. The molecule has 0 radical (unpaired) electrons. The maximum atomic E-state index is 13.0. The number of benzene rings is 1. The number of imide groups is 1. The number of hydrogen-bond acceptors (Lipinski definition) is 3. The van der Waals surface area contributed by atoms with Crippen LogP contribution in [-0.4, -0.2) is 35.5 Å². The Bertz CT molecular complexity index is 529. The molecule has 1 aromatic carbocycles. The van der Waals surface area contributed by atoms with Gasteiger partial charge in [-0.25, -0.2) is 9.18 Å². The van der Waals surface area contributed by atoms with Gasteiger partial charge in [-0.05, 0) is 44.4 Å². The first kappa shape index (κ1) is 16.4. The molecule has 2 rings (SSSR count). The fourth-order valence-electron chi connectivity index (χ4n) is 2.36. The summed E-state index contributed by atoms with van der Waals surface area (Å²) in [5, 5.41) is 4.89. The van der Waals surface area contributed by atoms with Crippen LogP contribution in [0.3, 0.4) is 0 Å². The molecule has 0 aromatic heterocycles. The van der Waals surface area contributed by atoms with E-state index < -0.39 is 12.1 Å². The van der Waals surface area contributed by atoms with Crippen LogP contribution < -0.4 is 10.6 Å². The van der Waals surface area contributed by atoms with E-state index in [0.717, 1.165) is 18.4 Å². The lowest BCUT2D eigenvalue weighted by Gasteiger charge is -2.28. The fraction of sp³-hybridized carbons (Fsp3) is 0.500. The summed E-state index contributed by atoms with van der Waals surface area (Å²) in [6.45, 7) is 4.61. The van der Waals surface area contributed by atoms with Crippen LogP contribution in [0, 0.1) is 5.82 Å². The molecule has 1 aliphatic carbocycles. The van der Waals surface area contributed by atoms with Crippen LogP contribution >= 0.6 is 0 Å². The minimum atomic E-state index is -0.475. The third kappa shape index (κ3) is 4.53. The lowest BCUT2D eigenvalue weighted by molar-refractivity contribution is -0.125. The van der Waals surface area contributed by atoms with Gasteiger partial charge in [-0.2, -0.15) is 0 Å². The Labute approximate surface area is 129 Å². The first-order valence-electron chi connectivity index (χ1n) is 7.60. The summed E-state index contributed by atoms with van der Waals surface area (Å²) >= 11 is 0. The van der Waals surface area contributed by atoms with E-state index in [4.69, 9.17) is 0 Å². The summed E-state index contributed by atoms with van der Waals surface area (Å²) < 4.78 is 13.0. The number of amides is 3. The molecule has 22 heavy (non-hydrogen) atoms. The second-order valence-electron chi connectivity index (χ2n) is 5.55. The maximum Gasteiger partial charge on any atom is 0.321 e. The van der Waals surface area contributed by atoms with Crippen LogP contribution in [0.1, 0.15) is 32.3 Å². The van der Waals surface area contributed by atoms with Gasteiger partial charge in [0.25, 0.3) is 0 Å². The summed E-state index contributed by atoms with van der Waals surface area (Å²) in [5.41, 5.74) is 0.950. The lowest BCUT2D eigenvalue weighted by Crippen LogP contribution is -2.50. The number of nitrogens with one attached hydrogen (secondary N) is 2. The number of hydrogen-bond donors (Lipinski definition) is 2. The summed E-state index contributed by atoms with van der Waals surface area (Å²) in [5.74, 6) is -0.594. The average Bonchev–Trinajstić information content (AvgIpc) is 3.30. The molecular weight excluding hydrogens is 285 g/mol. The highest BCUT2D eigenvalue weighted by Crippen LogP contribution is 2.30. The number of carbonyl (C=O) groups excluding carboxylic acids is 2. The van der Waals surface area contributed by atoms with Crippen molar-refractivity contribution in [2.24, 2.45) is 0 Å². The lowest BCUT2D eigenvalue weighted by atomic mass is 10.1. The molecule has 1 unspecified atom stereocenters. The van der Waals surface area contributed by atoms with E-state index in [1.807, 2.05) is 0 Å². The number of carbonyl (C=O) groups is 2. The number of rotatable bonds is 6. The predicted molar refractivity (Wildman–Crippen MR) is 81.6 cm³/mol. The standard InChI is InChI=1S/C16H22FN3O2/c1-3-18-16(22)19-15(21)11(2)20(14-8-9-14)10-12-4-6-13(17)7-5-12/h4-7,11,14H,3,8-10H2,1-2H3,(H2,18,19,21,22). The molecular formula is C16H22FN3O2. The average molecular weight is 307 g/mol. The molecule has 0 heterocycles. The van der Waals surface area contributed by atoms with Gasteiger partial charge in [0.2, 0.25) is 5.91 Å². The van der Waals surface area contributed by atoms with Gasteiger partial charge in [0.15, 0.2) is 0 Å². The molecule has 5 nitrogen and oxygen atoms in total. The van der Waals surface area contributed by atoms with Crippen LogP contribution in [0.15, 0.2) is 24.3 Å². The molecule has 2 N–H and O–H groups in total. The van der Waals surface area contributed by atoms with E-state index in [1.165, 1.54) is 12.1 Å². The van der Waals surface area contributed by atoms with E-state index in [1.54, 1.807) is 26.0 Å². The number of halogens is 1. The van der Waals surface area contributed by atoms with Gasteiger partial charge in [0, 0.05) is 19.1 Å². The SMILES string of the molecule is CCNC(=O)NC(=O)C(C)N(Cc1ccc(F)cc1)C1CC1. The topological polar surface area (TPSA) is 61.4 Å². The second kappa shape index (κ2) is 7.35. The molecule has 0 bridgehead atoms. The van der Waals surface area contributed by atoms with Crippen molar-refractivity contribution in [3.8, 4) is 0 Å². The first-order valence-corrected chi connectivity index (χ1v) is 7.60. The van der Waals surface area contributed by atoms with Crippen molar-refractivity contribution < 1.29 is 14.0 Å². The van der Waals surface area contributed by atoms with Crippen LogP contribution in [0.25, 0.3) is 0 Å². The van der Waals surface area contributed by atoms with Crippen molar-refractivity contribution in [1.29, 1.82) is 0 Å². The third-order valence-electron chi connectivity index (χ3n) is 3.75. The molecule has 1 saturated carbocycles. The molecule has 6 heteroatoms. The van der Waals surface area contributed by atoms with Crippen molar-refractivity contribution in [1.82, 2.24) is 15.5 Å². The summed E-state index contributed by atoms with van der Waals surface area (Å²) in [7, 11) is 0. The Balaban J connectivity index is 1.99. The van der Waals surface area contributed by atoms with Crippen LogP contribution in [-0.2, 0) is 11.3 Å². The predicted octanol–water partition coefficient (Wildman–Crippen LogP) is 2.02. The van der Waals surface area contributed by atoms with E-state index in [9.17, 15) is 14.0 Å². The Morgan fingerprint density at radius 2 is 1.95 bits per heavy atom. The number of nitrogens with zero attached hydrogens (tertiary/aromatic N) is 1. The molecule has 1 atom stereocenters. The van der Waals surface area contributed by atoms with Gasteiger partial charge in [0.1, 0.15) is 5.82 Å². The zero-order valence-electron chi connectivity index (χ0n) is 12.9. The molecule has 0 aliphatic heterocycles. The van der Waals surface area contributed by atoms with Gasteiger partial charge >= 0.3 is 6.03 Å². The second-order valence-corrected chi connectivity index (χ2v) is 5.55. The Morgan fingerprint density at radius 1 is 1.32 bits per heavy atom. The number of urea groups is 1. The Kier molecular flexibility index (Phi) is 5.49. The largest absolute Gasteiger partial charge is 0.338 e. The van der Waals surface area contributed by atoms with Crippen LogP contribution in [0.5, 0.6) is 0 Å². The van der Waals surface area contributed by atoms with Crippen molar-refractivity contribution in [3.05, 3.63) is 35.6 Å². The van der Waals surface area contributed by atoms with Gasteiger partial charge in [-0.15, -0.1) is 0 Å². The highest BCUT2D eigenvalue weighted by atomic mass is 19.1. The molecule has 0 saturated heterocycles. The summed E-state index contributed by atoms with van der Waals surface area (Å²) in [6, 6.07) is 5.73. The monoisotopic (exact) mass is 307 g/mol. The zero-order valence-corrected chi connectivity index (χ0v) is 12.9. The van der Waals surface area contributed by atoms with Crippen LogP contribution in [0.2, 0.25) is 0 Å². The molecule has 1 aromatic rings. The van der Waals surface area contributed by atoms with E-state index in [-0.39, 0.29) is 11.7 Å². The van der Waals surface area contributed by atoms with Crippen molar-refractivity contribution in [2.45, 2.75) is 45.3 Å². The Morgan fingerprint density at radius 3 is 2.50 bits per heavy atom. The van der Waals surface area contributed by atoms with Gasteiger partial charge in [-0.1, -0.05) is 12.1 Å². The molecule has 120 valence electrons. The van der Waals surface area contributed by atoms with Crippen molar-refractivity contribution in [3.63, 3.8) is 0 Å². The van der Waals surface area contributed by atoms with Crippen LogP contribution in [0.4, 0.5) is 9.18 Å². The van der Waals surface area contributed by atoms with Crippen molar-refractivity contribution >= 4 is 11.9 Å². The molecule has 1 fully saturated rings. The first-order chi connectivity index (χ1) is 10.5. The summed E-state index contributed by atoms with van der Waals surface area (Å²) in [4.78, 5) is 25.7. The zero-order chi connectivity index (χ0) is 16.1. The minimum absolute atomic E-state index is 0.274. The van der Waals surface area contributed by atoms with E-state index >= 15 is 0 Å². The highest BCUT2D eigenvalue weighted by Gasteiger charge is 2.35.